The molecule has 0 saturated heterocycles. The van der Waals surface area contributed by atoms with Crippen molar-refractivity contribution in [3.05, 3.63) is 35.4 Å². The lowest BCUT2D eigenvalue weighted by Crippen LogP contribution is -2.31. The molecule has 0 bridgehead atoms. The van der Waals surface area contributed by atoms with Crippen molar-refractivity contribution in [1.82, 2.24) is 5.32 Å². The van der Waals surface area contributed by atoms with Crippen molar-refractivity contribution in [3.8, 4) is 0 Å². The smallest absolute Gasteiger partial charge is 0.0294 e. The molecule has 1 nitrogen and oxygen atoms in total. The Kier molecular flexibility index (Phi) is 4.61. The number of nitrogens with one attached hydrogen (secondary N) is 1. The monoisotopic (exact) mass is 231 g/mol. The highest BCUT2D eigenvalue weighted by atomic mass is 14.9. The summed E-state index contributed by atoms with van der Waals surface area (Å²) >= 11 is 0. The van der Waals surface area contributed by atoms with Crippen molar-refractivity contribution >= 4 is 0 Å². The zero-order valence-electron chi connectivity index (χ0n) is 11.2. The highest BCUT2D eigenvalue weighted by Gasteiger charge is 2.15. The van der Waals surface area contributed by atoms with Gasteiger partial charge < -0.3 is 5.32 Å². The number of hydrogen-bond acceptors (Lipinski definition) is 1. The molecule has 1 N–H and O–H groups in total. The Bertz CT molecular complexity index is 320. The van der Waals surface area contributed by atoms with Gasteiger partial charge in [0.1, 0.15) is 0 Å². The van der Waals surface area contributed by atoms with Gasteiger partial charge in [0.15, 0.2) is 0 Å². The van der Waals surface area contributed by atoms with Crippen LogP contribution in [0, 0.1) is 6.92 Å². The molecule has 1 saturated carbocycles. The van der Waals surface area contributed by atoms with Crippen LogP contribution in [-0.2, 0) is 0 Å². The predicted octanol–water partition coefficient (Wildman–Crippen LogP) is 4.37. The topological polar surface area (TPSA) is 12.0 Å². The standard InChI is InChI=1S/C16H25N/c1-13-9-11-15(12-10-13)14(2)17-16-7-5-3-4-6-8-16/h9-12,14,16-17H,3-8H2,1-2H3. The van der Waals surface area contributed by atoms with E-state index >= 15 is 0 Å². The van der Waals surface area contributed by atoms with Gasteiger partial charge in [-0.15, -0.1) is 0 Å². The van der Waals surface area contributed by atoms with Gasteiger partial charge in [-0.1, -0.05) is 55.5 Å². The molecule has 1 aliphatic rings. The van der Waals surface area contributed by atoms with Crippen LogP contribution in [0.1, 0.15) is 62.6 Å². The van der Waals surface area contributed by atoms with Crippen LogP contribution in [0.2, 0.25) is 0 Å². The fraction of sp³-hybridized carbons (Fsp3) is 0.625. The molecule has 0 spiro atoms. The Balaban J connectivity index is 1.91. The van der Waals surface area contributed by atoms with Crippen molar-refractivity contribution in [2.45, 2.75) is 64.5 Å². The molecule has 0 radical (unpaired) electrons. The predicted molar refractivity (Wildman–Crippen MR) is 74.2 cm³/mol. The van der Waals surface area contributed by atoms with E-state index in [1.165, 1.54) is 49.7 Å². The SMILES string of the molecule is Cc1ccc(C(C)NC2CCCCCC2)cc1. The minimum absolute atomic E-state index is 0.485. The first kappa shape index (κ1) is 12.6. The van der Waals surface area contributed by atoms with E-state index in [1.807, 2.05) is 0 Å². The van der Waals surface area contributed by atoms with Crippen LogP contribution in [0.3, 0.4) is 0 Å². The van der Waals surface area contributed by atoms with Gasteiger partial charge in [-0.3, -0.25) is 0 Å². The zero-order chi connectivity index (χ0) is 12.1. The van der Waals surface area contributed by atoms with Gasteiger partial charge >= 0.3 is 0 Å². The van der Waals surface area contributed by atoms with Gasteiger partial charge in [0.25, 0.3) is 0 Å². The summed E-state index contributed by atoms with van der Waals surface area (Å²) in [6.45, 7) is 4.43. The van der Waals surface area contributed by atoms with E-state index in [4.69, 9.17) is 0 Å². The van der Waals surface area contributed by atoms with Crippen LogP contribution in [0.25, 0.3) is 0 Å². The number of aryl methyl sites for hydroxylation is 1. The summed E-state index contributed by atoms with van der Waals surface area (Å²) in [5.74, 6) is 0. The second-order valence-corrected chi connectivity index (χ2v) is 5.49. The molecule has 0 heterocycles. The minimum atomic E-state index is 0.485. The van der Waals surface area contributed by atoms with Crippen molar-refractivity contribution in [1.29, 1.82) is 0 Å². The minimum Gasteiger partial charge on any atom is -0.307 e. The Morgan fingerprint density at radius 1 is 1.00 bits per heavy atom. The summed E-state index contributed by atoms with van der Waals surface area (Å²) in [4.78, 5) is 0. The van der Waals surface area contributed by atoms with E-state index in [1.54, 1.807) is 0 Å². The van der Waals surface area contributed by atoms with Crippen LogP contribution in [0.15, 0.2) is 24.3 Å². The molecule has 0 amide bonds. The molecule has 2 rings (SSSR count). The summed E-state index contributed by atoms with van der Waals surface area (Å²) in [5, 5.41) is 3.79. The van der Waals surface area contributed by atoms with Gasteiger partial charge in [-0.2, -0.15) is 0 Å². The summed E-state index contributed by atoms with van der Waals surface area (Å²) in [5.41, 5.74) is 2.76. The van der Waals surface area contributed by atoms with Gasteiger partial charge in [-0.25, -0.2) is 0 Å². The first-order valence-corrected chi connectivity index (χ1v) is 7.08. The summed E-state index contributed by atoms with van der Waals surface area (Å²) in [6.07, 6.45) is 8.37. The van der Waals surface area contributed by atoms with Crippen molar-refractivity contribution in [2.75, 3.05) is 0 Å². The van der Waals surface area contributed by atoms with Crippen LogP contribution < -0.4 is 5.32 Å². The van der Waals surface area contributed by atoms with E-state index in [2.05, 4.69) is 43.4 Å². The van der Waals surface area contributed by atoms with E-state index in [0.29, 0.717) is 6.04 Å². The Morgan fingerprint density at radius 2 is 1.59 bits per heavy atom. The average molecular weight is 231 g/mol. The lowest BCUT2D eigenvalue weighted by atomic mass is 10.0. The quantitative estimate of drug-likeness (QED) is 0.762. The highest BCUT2D eigenvalue weighted by molar-refractivity contribution is 5.23. The summed E-state index contributed by atoms with van der Waals surface area (Å²) < 4.78 is 0. The molecule has 94 valence electrons. The molecule has 1 heteroatoms. The fourth-order valence-corrected chi connectivity index (χ4v) is 2.75. The summed E-state index contributed by atoms with van der Waals surface area (Å²) in [6, 6.07) is 10.1. The van der Waals surface area contributed by atoms with E-state index in [-0.39, 0.29) is 0 Å². The van der Waals surface area contributed by atoms with Crippen LogP contribution in [0.4, 0.5) is 0 Å². The number of benzene rings is 1. The van der Waals surface area contributed by atoms with Crippen LogP contribution >= 0.6 is 0 Å². The Hall–Kier alpha value is -0.820. The molecule has 1 aromatic rings. The molecule has 1 fully saturated rings. The molecule has 1 aromatic carbocycles. The Labute approximate surface area is 106 Å². The fourth-order valence-electron chi connectivity index (χ4n) is 2.75. The normalized spacial score (nSPS) is 19.9. The van der Waals surface area contributed by atoms with E-state index < -0.39 is 0 Å². The molecule has 0 aliphatic heterocycles. The van der Waals surface area contributed by atoms with Crippen molar-refractivity contribution in [3.63, 3.8) is 0 Å². The third-order valence-corrected chi connectivity index (χ3v) is 3.92. The first-order chi connectivity index (χ1) is 8.25. The maximum Gasteiger partial charge on any atom is 0.0294 e. The van der Waals surface area contributed by atoms with Crippen LogP contribution in [0.5, 0.6) is 0 Å². The third-order valence-electron chi connectivity index (χ3n) is 3.92. The van der Waals surface area contributed by atoms with Crippen molar-refractivity contribution in [2.24, 2.45) is 0 Å². The first-order valence-electron chi connectivity index (χ1n) is 7.08. The molecule has 1 aliphatic carbocycles. The van der Waals surface area contributed by atoms with Gasteiger partial charge in [0.05, 0.1) is 0 Å². The van der Waals surface area contributed by atoms with E-state index in [9.17, 15) is 0 Å². The lowest BCUT2D eigenvalue weighted by molar-refractivity contribution is 0.414. The van der Waals surface area contributed by atoms with Crippen LogP contribution in [-0.4, -0.2) is 6.04 Å². The average Bonchev–Trinajstić information content (AvgIpc) is 2.58. The second-order valence-electron chi connectivity index (χ2n) is 5.49. The lowest BCUT2D eigenvalue weighted by Gasteiger charge is -2.22. The molecule has 0 aromatic heterocycles. The van der Waals surface area contributed by atoms with Gasteiger partial charge in [-0.05, 0) is 32.3 Å². The molecule has 1 atom stereocenters. The maximum atomic E-state index is 3.79. The molecule has 1 unspecified atom stereocenters. The number of hydrogen-bond donors (Lipinski definition) is 1. The molecule has 17 heavy (non-hydrogen) atoms. The van der Waals surface area contributed by atoms with Gasteiger partial charge in [0.2, 0.25) is 0 Å². The van der Waals surface area contributed by atoms with Gasteiger partial charge in [0, 0.05) is 12.1 Å². The third kappa shape index (κ3) is 3.85. The molecular formula is C16H25N. The zero-order valence-corrected chi connectivity index (χ0v) is 11.2. The Morgan fingerprint density at radius 3 is 2.18 bits per heavy atom. The molecular weight excluding hydrogens is 206 g/mol. The highest BCUT2D eigenvalue weighted by Crippen LogP contribution is 2.21. The van der Waals surface area contributed by atoms with Crippen molar-refractivity contribution < 1.29 is 0 Å². The van der Waals surface area contributed by atoms with E-state index in [0.717, 1.165) is 6.04 Å². The largest absolute Gasteiger partial charge is 0.307 e. The second kappa shape index (κ2) is 6.20. The summed E-state index contributed by atoms with van der Waals surface area (Å²) in [7, 11) is 0. The maximum absolute atomic E-state index is 3.79. The number of rotatable bonds is 3.